The minimum Gasteiger partial charge on any atom is -0.496 e. The lowest BCUT2D eigenvalue weighted by molar-refractivity contribution is -0.128. The van der Waals surface area contributed by atoms with Crippen LogP contribution in [0.1, 0.15) is 37.9 Å². The zero-order chi connectivity index (χ0) is 13.8. The molecule has 1 aliphatic heterocycles. The second-order valence-electron chi connectivity index (χ2n) is 4.96. The predicted molar refractivity (Wildman–Crippen MR) is 75.0 cm³/mol. The molecule has 1 N–H and O–H groups in total. The highest BCUT2D eigenvalue weighted by atomic mass is 16.5. The number of para-hydroxylation sites is 1. The molecule has 2 unspecified atom stereocenters. The van der Waals surface area contributed by atoms with E-state index in [1.165, 1.54) is 0 Å². The van der Waals surface area contributed by atoms with E-state index in [4.69, 9.17) is 4.74 Å². The number of carbonyl (C=O) groups excluding carboxylic acids is 1. The van der Waals surface area contributed by atoms with E-state index >= 15 is 0 Å². The average molecular weight is 262 g/mol. The second kappa shape index (κ2) is 6.06. The first-order valence-electron chi connectivity index (χ1n) is 6.84. The number of hydrogen-bond donors (Lipinski definition) is 1. The highest BCUT2D eigenvalue weighted by molar-refractivity contribution is 5.84. The Labute approximate surface area is 114 Å². The molecule has 2 rings (SSSR count). The van der Waals surface area contributed by atoms with Gasteiger partial charge in [-0.25, -0.2) is 0 Å². The third-order valence-corrected chi connectivity index (χ3v) is 3.67. The molecular weight excluding hydrogens is 240 g/mol. The molecule has 0 spiro atoms. The van der Waals surface area contributed by atoms with Gasteiger partial charge in [-0.2, -0.15) is 0 Å². The Balaban J connectivity index is 2.19. The maximum absolute atomic E-state index is 12.2. The maximum atomic E-state index is 12.2. The standard InChI is InChI=1S/C15H22N2O2/c1-4-5-9-12-15(18)17(2)14(16-12)11-8-6-7-10-13(11)19-3/h6-8,10,12,14,16H,4-5,9H2,1-3H3. The zero-order valence-corrected chi connectivity index (χ0v) is 11.8. The van der Waals surface area contributed by atoms with Crippen LogP contribution in [0.2, 0.25) is 0 Å². The van der Waals surface area contributed by atoms with Crippen LogP contribution in [0.25, 0.3) is 0 Å². The molecule has 0 aromatic heterocycles. The Kier molecular flexibility index (Phi) is 4.43. The fourth-order valence-corrected chi connectivity index (χ4v) is 2.55. The van der Waals surface area contributed by atoms with E-state index in [0.717, 1.165) is 30.6 Å². The number of carbonyl (C=O) groups is 1. The molecule has 4 nitrogen and oxygen atoms in total. The number of ether oxygens (including phenoxy) is 1. The Morgan fingerprint density at radius 1 is 1.37 bits per heavy atom. The number of unbranched alkanes of at least 4 members (excludes halogenated alkanes) is 1. The van der Waals surface area contributed by atoms with E-state index in [2.05, 4.69) is 12.2 Å². The van der Waals surface area contributed by atoms with Crippen LogP contribution in [0.15, 0.2) is 24.3 Å². The summed E-state index contributed by atoms with van der Waals surface area (Å²) in [4.78, 5) is 14.0. The average Bonchev–Trinajstić information content (AvgIpc) is 2.73. The van der Waals surface area contributed by atoms with Gasteiger partial charge in [0.1, 0.15) is 11.9 Å². The van der Waals surface area contributed by atoms with Gasteiger partial charge in [-0.15, -0.1) is 0 Å². The molecule has 1 heterocycles. The second-order valence-corrected chi connectivity index (χ2v) is 4.96. The topological polar surface area (TPSA) is 41.6 Å². The lowest BCUT2D eigenvalue weighted by atomic mass is 10.1. The van der Waals surface area contributed by atoms with Gasteiger partial charge >= 0.3 is 0 Å². The molecule has 1 aliphatic rings. The molecule has 1 aromatic carbocycles. The lowest BCUT2D eigenvalue weighted by Gasteiger charge is -2.21. The molecule has 0 bridgehead atoms. The van der Waals surface area contributed by atoms with Gasteiger partial charge in [0.25, 0.3) is 0 Å². The maximum Gasteiger partial charge on any atom is 0.241 e. The Morgan fingerprint density at radius 3 is 2.79 bits per heavy atom. The summed E-state index contributed by atoms with van der Waals surface area (Å²) in [6, 6.07) is 7.77. The summed E-state index contributed by atoms with van der Waals surface area (Å²) in [6.07, 6.45) is 2.97. The molecule has 0 radical (unpaired) electrons. The fourth-order valence-electron chi connectivity index (χ4n) is 2.55. The van der Waals surface area contributed by atoms with Crippen molar-refractivity contribution in [2.24, 2.45) is 0 Å². The first-order valence-corrected chi connectivity index (χ1v) is 6.84. The number of methoxy groups -OCH3 is 1. The number of amides is 1. The van der Waals surface area contributed by atoms with Crippen molar-refractivity contribution < 1.29 is 9.53 Å². The van der Waals surface area contributed by atoms with Crippen LogP contribution in [-0.4, -0.2) is 31.0 Å². The molecule has 4 heteroatoms. The summed E-state index contributed by atoms with van der Waals surface area (Å²) in [6.45, 7) is 2.14. The summed E-state index contributed by atoms with van der Waals surface area (Å²) in [5.74, 6) is 0.986. The summed E-state index contributed by atoms with van der Waals surface area (Å²) in [5.41, 5.74) is 1.01. The molecule has 104 valence electrons. The van der Waals surface area contributed by atoms with Gasteiger partial charge in [0.15, 0.2) is 0 Å². The van der Waals surface area contributed by atoms with Crippen molar-refractivity contribution in [3.63, 3.8) is 0 Å². The van der Waals surface area contributed by atoms with Crippen molar-refractivity contribution in [1.82, 2.24) is 10.2 Å². The third kappa shape index (κ3) is 2.73. The molecule has 1 saturated heterocycles. The monoisotopic (exact) mass is 262 g/mol. The number of rotatable bonds is 5. The van der Waals surface area contributed by atoms with Crippen LogP contribution in [0.3, 0.4) is 0 Å². The smallest absolute Gasteiger partial charge is 0.241 e. The van der Waals surface area contributed by atoms with Crippen molar-refractivity contribution in [1.29, 1.82) is 0 Å². The van der Waals surface area contributed by atoms with E-state index in [0.29, 0.717) is 0 Å². The molecular formula is C15H22N2O2. The number of nitrogens with zero attached hydrogens (tertiary/aromatic N) is 1. The third-order valence-electron chi connectivity index (χ3n) is 3.67. The van der Waals surface area contributed by atoms with Crippen molar-refractivity contribution in [2.75, 3.05) is 14.2 Å². The number of nitrogens with one attached hydrogen (secondary N) is 1. The van der Waals surface area contributed by atoms with E-state index in [-0.39, 0.29) is 18.1 Å². The van der Waals surface area contributed by atoms with Crippen molar-refractivity contribution in [2.45, 2.75) is 38.4 Å². The first kappa shape index (κ1) is 13.9. The largest absolute Gasteiger partial charge is 0.496 e. The van der Waals surface area contributed by atoms with Crippen LogP contribution >= 0.6 is 0 Å². The van der Waals surface area contributed by atoms with Crippen LogP contribution in [0, 0.1) is 0 Å². The zero-order valence-electron chi connectivity index (χ0n) is 11.8. The molecule has 19 heavy (non-hydrogen) atoms. The van der Waals surface area contributed by atoms with E-state index < -0.39 is 0 Å². The summed E-state index contributed by atoms with van der Waals surface area (Å²) in [5, 5.41) is 3.41. The van der Waals surface area contributed by atoms with E-state index in [1.807, 2.05) is 31.3 Å². The molecule has 1 fully saturated rings. The van der Waals surface area contributed by atoms with Gasteiger partial charge < -0.3 is 9.64 Å². The predicted octanol–water partition coefficient (Wildman–Crippen LogP) is 2.31. The Bertz CT molecular complexity index is 448. The molecule has 1 amide bonds. The summed E-state index contributed by atoms with van der Waals surface area (Å²) in [7, 11) is 3.50. The van der Waals surface area contributed by atoms with Crippen molar-refractivity contribution >= 4 is 5.91 Å². The molecule has 0 saturated carbocycles. The number of hydrogen-bond acceptors (Lipinski definition) is 3. The first-order chi connectivity index (χ1) is 9.19. The fraction of sp³-hybridized carbons (Fsp3) is 0.533. The van der Waals surface area contributed by atoms with Gasteiger partial charge in [-0.05, 0) is 12.5 Å². The van der Waals surface area contributed by atoms with Crippen molar-refractivity contribution in [3.05, 3.63) is 29.8 Å². The number of benzene rings is 1. The van der Waals surface area contributed by atoms with Crippen LogP contribution < -0.4 is 10.1 Å². The minimum atomic E-state index is -0.0921. The highest BCUT2D eigenvalue weighted by Crippen LogP contribution is 2.31. The molecule has 0 aliphatic carbocycles. The van der Waals surface area contributed by atoms with Crippen LogP contribution in [0.5, 0.6) is 5.75 Å². The SMILES string of the molecule is CCCCC1NC(c2ccccc2OC)N(C)C1=O. The van der Waals surface area contributed by atoms with Gasteiger partial charge in [0, 0.05) is 12.6 Å². The van der Waals surface area contributed by atoms with Crippen LogP contribution in [0.4, 0.5) is 0 Å². The minimum absolute atomic E-state index is 0.0696. The van der Waals surface area contributed by atoms with E-state index in [9.17, 15) is 4.79 Å². The van der Waals surface area contributed by atoms with Crippen molar-refractivity contribution in [3.8, 4) is 5.75 Å². The lowest BCUT2D eigenvalue weighted by Crippen LogP contribution is -2.28. The van der Waals surface area contributed by atoms with Gasteiger partial charge in [0.2, 0.25) is 5.91 Å². The summed E-state index contributed by atoms with van der Waals surface area (Å²) < 4.78 is 5.38. The molecule has 1 aromatic rings. The normalized spacial score (nSPS) is 22.9. The number of likely N-dealkylation sites (N-methyl/N-ethyl adjacent to an activating group) is 1. The van der Waals surface area contributed by atoms with E-state index in [1.54, 1.807) is 12.0 Å². The van der Waals surface area contributed by atoms with Gasteiger partial charge in [-0.3, -0.25) is 10.1 Å². The molecule has 2 atom stereocenters. The summed E-state index contributed by atoms with van der Waals surface area (Å²) >= 11 is 0. The highest BCUT2D eigenvalue weighted by Gasteiger charge is 2.37. The van der Waals surface area contributed by atoms with Crippen LogP contribution in [-0.2, 0) is 4.79 Å². The van der Waals surface area contributed by atoms with Gasteiger partial charge in [-0.1, -0.05) is 38.0 Å². The van der Waals surface area contributed by atoms with Gasteiger partial charge in [0.05, 0.1) is 13.2 Å². The quantitative estimate of drug-likeness (QED) is 0.885. The Morgan fingerprint density at radius 2 is 2.11 bits per heavy atom. The Hall–Kier alpha value is -1.55.